The average molecular weight is 319 g/mol. The zero-order valence-electron chi connectivity index (χ0n) is 11.9. The summed E-state index contributed by atoms with van der Waals surface area (Å²) in [5, 5.41) is 22.7. The van der Waals surface area contributed by atoms with Crippen molar-refractivity contribution in [2.75, 3.05) is 7.11 Å². The van der Waals surface area contributed by atoms with Crippen LogP contribution in [0.25, 0.3) is 0 Å². The second kappa shape index (κ2) is 9.15. The van der Waals surface area contributed by atoms with Gasteiger partial charge in [-0.2, -0.15) is 0 Å². The van der Waals surface area contributed by atoms with E-state index >= 15 is 0 Å². The first-order chi connectivity index (χ1) is 9.49. The van der Waals surface area contributed by atoms with Crippen LogP contribution in [0.15, 0.2) is 18.2 Å². The first kappa shape index (κ1) is 19.1. The van der Waals surface area contributed by atoms with Crippen molar-refractivity contribution in [2.24, 2.45) is 0 Å². The molecule has 1 aromatic rings. The summed E-state index contributed by atoms with van der Waals surface area (Å²) < 4.78 is 5.12. The van der Waals surface area contributed by atoms with Crippen molar-refractivity contribution in [3.05, 3.63) is 33.9 Å². The van der Waals surface area contributed by atoms with Gasteiger partial charge in [-0.25, -0.2) is 0 Å². The van der Waals surface area contributed by atoms with Crippen LogP contribution < -0.4 is 10.1 Å². The Morgan fingerprint density at radius 1 is 1.52 bits per heavy atom. The molecule has 0 bridgehead atoms. The number of halogens is 1. The zero-order valence-corrected chi connectivity index (χ0v) is 12.7. The average Bonchev–Trinajstić information content (AvgIpc) is 2.42. The van der Waals surface area contributed by atoms with Crippen molar-refractivity contribution in [3.8, 4) is 5.75 Å². The summed E-state index contributed by atoms with van der Waals surface area (Å²) in [5.74, 6) is -0.444. The van der Waals surface area contributed by atoms with E-state index in [0.29, 0.717) is 17.7 Å². The molecule has 0 saturated carbocycles. The highest BCUT2D eigenvalue weighted by Gasteiger charge is 2.17. The largest absolute Gasteiger partial charge is 0.496 e. The van der Waals surface area contributed by atoms with Gasteiger partial charge in [-0.15, -0.1) is 12.4 Å². The van der Waals surface area contributed by atoms with Crippen LogP contribution >= 0.6 is 12.4 Å². The topological polar surface area (TPSA) is 102 Å². The number of ether oxygens (including phenoxy) is 1. The number of non-ortho nitro benzene ring substituents is 1. The normalized spacial score (nSPS) is 11.3. The lowest BCUT2D eigenvalue weighted by molar-refractivity contribution is -0.384. The Morgan fingerprint density at radius 2 is 2.19 bits per heavy atom. The van der Waals surface area contributed by atoms with Gasteiger partial charge >= 0.3 is 5.97 Å². The van der Waals surface area contributed by atoms with E-state index in [1.807, 2.05) is 6.92 Å². The molecule has 0 aromatic heterocycles. The predicted octanol–water partition coefficient (Wildman–Crippen LogP) is 2.37. The van der Waals surface area contributed by atoms with E-state index in [1.165, 1.54) is 25.3 Å². The Balaban J connectivity index is 0.00000400. The smallest absolute Gasteiger partial charge is 0.320 e. The van der Waals surface area contributed by atoms with Gasteiger partial charge in [-0.1, -0.05) is 13.3 Å². The van der Waals surface area contributed by atoms with Crippen LogP contribution in [0.2, 0.25) is 0 Å². The number of nitrogens with zero attached hydrogens (tertiary/aromatic N) is 1. The van der Waals surface area contributed by atoms with Crippen LogP contribution in [0, 0.1) is 10.1 Å². The maximum absolute atomic E-state index is 11.0. The molecule has 0 aliphatic carbocycles. The molecule has 0 aliphatic heterocycles. The molecule has 0 heterocycles. The number of hydrogen-bond acceptors (Lipinski definition) is 5. The van der Waals surface area contributed by atoms with Crippen molar-refractivity contribution < 1.29 is 19.6 Å². The maximum Gasteiger partial charge on any atom is 0.320 e. The number of carbonyl (C=O) groups is 1. The minimum atomic E-state index is -0.934. The summed E-state index contributed by atoms with van der Waals surface area (Å²) >= 11 is 0. The van der Waals surface area contributed by atoms with Crippen LogP contribution in [0.5, 0.6) is 5.75 Å². The Bertz CT molecular complexity index is 495. The molecule has 2 N–H and O–H groups in total. The van der Waals surface area contributed by atoms with Crippen molar-refractivity contribution in [2.45, 2.75) is 32.4 Å². The van der Waals surface area contributed by atoms with Gasteiger partial charge in [0.15, 0.2) is 0 Å². The highest BCUT2D eigenvalue weighted by atomic mass is 35.5. The molecular weight excluding hydrogens is 300 g/mol. The number of carboxylic acids is 1. The molecule has 1 unspecified atom stereocenters. The van der Waals surface area contributed by atoms with Crippen LogP contribution in [-0.2, 0) is 11.3 Å². The van der Waals surface area contributed by atoms with Crippen molar-refractivity contribution >= 4 is 24.1 Å². The molecule has 8 heteroatoms. The molecule has 1 rings (SSSR count). The fourth-order valence-corrected chi connectivity index (χ4v) is 1.85. The molecule has 0 amide bonds. The second-order valence-electron chi connectivity index (χ2n) is 4.31. The lowest BCUT2D eigenvalue weighted by Gasteiger charge is -2.15. The molecule has 118 valence electrons. The molecule has 0 radical (unpaired) electrons. The van der Waals surface area contributed by atoms with Crippen LogP contribution in [0.3, 0.4) is 0 Å². The quantitative estimate of drug-likeness (QED) is 0.563. The first-order valence-electron chi connectivity index (χ1n) is 6.27. The van der Waals surface area contributed by atoms with Gasteiger partial charge in [-0.3, -0.25) is 14.9 Å². The number of rotatable bonds is 8. The predicted molar refractivity (Wildman–Crippen MR) is 80.1 cm³/mol. The van der Waals surface area contributed by atoms with E-state index in [-0.39, 0.29) is 24.6 Å². The number of hydrogen-bond donors (Lipinski definition) is 2. The summed E-state index contributed by atoms with van der Waals surface area (Å²) in [4.78, 5) is 21.3. The first-order valence-corrected chi connectivity index (χ1v) is 6.27. The third-order valence-corrected chi connectivity index (χ3v) is 2.89. The number of aliphatic carboxylic acids is 1. The maximum atomic E-state index is 11.0. The highest BCUT2D eigenvalue weighted by Crippen LogP contribution is 2.24. The number of nitrogens with one attached hydrogen (secondary N) is 1. The summed E-state index contributed by atoms with van der Waals surface area (Å²) in [6.45, 7) is 2.09. The summed E-state index contributed by atoms with van der Waals surface area (Å²) in [6.07, 6.45) is 1.22. The SMILES string of the molecule is CCCC(NCc1cc([N+](=O)[O-])ccc1OC)C(=O)O.Cl. The minimum absolute atomic E-state index is 0. The molecular formula is C13H19ClN2O5. The van der Waals surface area contributed by atoms with Gasteiger partial charge < -0.3 is 15.2 Å². The Hall–Kier alpha value is -1.86. The fourth-order valence-electron chi connectivity index (χ4n) is 1.85. The fraction of sp³-hybridized carbons (Fsp3) is 0.462. The Morgan fingerprint density at radius 3 is 2.67 bits per heavy atom. The highest BCUT2D eigenvalue weighted by molar-refractivity contribution is 5.85. The summed E-state index contributed by atoms with van der Waals surface area (Å²) in [5.41, 5.74) is 0.508. The Kier molecular flexibility index (Phi) is 8.34. The number of benzene rings is 1. The summed E-state index contributed by atoms with van der Waals surface area (Å²) in [7, 11) is 1.46. The van der Waals surface area contributed by atoms with Crippen LogP contribution in [0.1, 0.15) is 25.3 Å². The van der Waals surface area contributed by atoms with E-state index in [4.69, 9.17) is 9.84 Å². The van der Waals surface area contributed by atoms with Gasteiger partial charge in [0.05, 0.1) is 12.0 Å². The molecule has 0 fully saturated rings. The van der Waals surface area contributed by atoms with E-state index in [0.717, 1.165) is 6.42 Å². The molecule has 0 spiro atoms. The van der Waals surface area contributed by atoms with E-state index < -0.39 is 16.9 Å². The molecule has 1 atom stereocenters. The molecule has 0 aliphatic rings. The molecule has 21 heavy (non-hydrogen) atoms. The minimum Gasteiger partial charge on any atom is -0.496 e. The lowest BCUT2D eigenvalue weighted by atomic mass is 10.1. The van der Waals surface area contributed by atoms with Crippen LogP contribution in [0.4, 0.5) is 5.69 Å². The van der Waals surface area contributed by atoms with Crippen LogP contribution in [-0.4, -0.2) is 29.2 Å². The number of nitro benzene ring substituents is 1. The van der Waals surface area contributed by atoms with Gasteiger partial charge in [-0.05, 0) is 12.5 Å². The standard InChI is InChI=1S/C13H18N2O5.ClH/c1-3-4-11(13(16)17)14-8-9-7-10(15(18)19)5-6-12(9)20-2;/h5-7,11,14H,3-4,8H2,1-2H3,(H,16,17);1H. The van der Waals surface area contributed by atoms with E-state index in [9.17, 15) is 14.9 Å². The van der Waals surface area contributed by atoms with Gasteiger partial charge in [0.2, 0.25) is 0 Å². The van der Waals surface area contributed by atoms with Crippen molar-refractivity contribution in [1.82, 2.24) is 5.32 Å². The monoisotopic (exact) mass is 318 g/mol. The number of carboxylic acid groups (broad SMARTS) is 1. The Labute approximate surface area is 128 Å². The second-order valence-corrected chi connectivity index (χ2v) is 4.31. The molecule has 7 nitrogen and oxygen atoms in total. The van der Waals surface area contributed by atoms with E-state index in [1.54, 1.807) is 0 Å². The van der Waals surface area contributed by atoms with Gasteiger partial charge in [0.1, 0.15) is 11.8 Å². The molecule has 0 saturated heterocycles. The lowest BCUT2D eigenvalue weighted by Crippen LogP contribution is -2.36. The van der Waals surface area contributed by atoms with Crippen molar-refractivity contribution in [1.29, 1.82) is 0 Å². The van der Waals surface area contributed by atoms with Crippen molar-refractivity contribution in [3.63, 3.8) is 0 Å². The van der Waals surface area contributed by atoms with Gasteiger partial charge in [0, 0.05) is 24.2 Å². The van der Waals surface area contributed by atoms with E-state index in [2.05, 4.69) is 5.32 Å². The van der Waals surface area contributed by atoms with Gasteiger partial charge in [0.25, 0.3) is 5.69 Å². The zero-order chi connectivity index (χ0) is 15.1. The molecule has 1 aromatic carbocycles. The third-order valence-electron chi connectivity index (χ3n) is 2.89. The number of nitro groups is 1. The third kappa shape index (κ3) is 5.57. The number of methoxy groups -OCH3 is 1. The summed E-state index contributed by atoms with van der Waals surface area (Å²) in [6, 6.07) is 3.56.